The first-order chi connectivity index (χ1) is 7.54. The molecule has 0 radical (unpaired) electrons. The van der Waals surface area contributed by atoms with Crippen LogP contribution in [0, 0.1) is 5.92 Å². The minimum atomic E-state index is -0.850. The summed E-state index contributed by atoms with van der Waals surface area (Å²) < 4.78 is 13.2. The Hall–Kier alpha value is -1.85. The maximum Gasteiger partial charge on any atom is 0.330 e. The molecule has 0 rings (SSSR count). The summed E-state index contributed by atoms with van der Waals surface area (Å²) in [6.07, 6.45) is 2.12. The van der Waals surface area contributed by atoms with E-state index in [2.05, 4.69) is 14.2 Å². The summed E-state index contributed by atoms with van der Waals surface area (Å²) in [5.41, 5.74) is 0. The molecule has 16 heavy (non-hydrogen) atoms. The number of carbonyl (C=O) groups excluding carboxylic acids is 3. The molecule has 0 aliphatic heterocycles. The van der Waals surface area contributed by atoms with Gasteiger partial charge in [-0.1, -0.05) is 6.08 Å². The van der Waals surface area contributed by atoms with E-state index >= 15 is 0 Å². The average molecular weight is 230 g/mol. The van der Waals surface area contributed by atoms with Gasteiger partial charge < -0.3 is 14.2 Å². The van der Waals surface area contributed by atoms with Crippen LogP contribution in [0.4, 0.5) is 0 Å². The second-order valence-electron chi connectivity index (χ2n) is 2.79. The Bertz CT molecular complexity index is 294. The maximum atomic E-state index is 11.2. The van der Waals surface area contributed by atoms with Gasteiger partial charge >= 0.3 is 17.9 Å². The highest BCUT2D eigenvalue weighted by molar-refractivity contribution is 5.85. The molecule has 1 unspecified atom stereocenters. The van der Waals surface area contributed by atoms with Gasteiger partial charge in [-0.15, -0.1) is 0 Å². The van der Waals surface area contributed by atoms with Crippen molar-refractivity contribution < 1.29 is 28.6 Å². The highest BCUT2D eigenvalue weighted by Crippen LogP contribution is 2.08. The third-order valence-electron chi connectivity index (χ3n) is 1.78. The molecule has 0 heterocycles. The Balaban J connectivity index is 4.55. The Labute approximate surface area is 93.2 Å². The summed E-state index contributed by atoms with van der Waals surface area (Å²) in [5.74, 6) is -2.65. The minimum absolute atomic E-state index is 0.184. The average Bonchev–Trinajstić information content (AvgIpc) is 2.32. The fourth-order valence-electron chi connectivity index (χ4n) is 0.907. The second kappa shape index (κ2) is 7.44. The lowest BCUT2D eigenvalue weighted by molar-refractivity contribution is -0.150. The first-order valence-corrected chi connectivity index (χ1v) is 4.46. The van der Waals surface area contributed by atoms with E-state index in [-0.39, 0.29) is 6.42 Å². The van der Waals surface area contributed by atoms with Crippen LogP contribution in [-0.4, -0.2) is 39.2 Å². The molecule has 6 heteroatoms. The number of esters is 3. The van der Waals surface area contributed by atoms with Gasteiger partial charge in [0.15, 0.2) is 0 Å². The smallest absolute Gasteiger partial charge is 0.330 e. The van der Waals surface area contributed by atoms with Crippen LogP contribution < -0.4 is 0 Å². The fourth-order valence-corrected chi connectivity index (χ4v) is 0.907. The van der Waals surface area contributed by atoms with Gasteiger partial charge in [0.25, 0.3) is 0 Å². The van der Waals surface area contributed by atoms with E-state index in [1.807, 2.05) is 0 Å². The molecule has 90 valence electrons. The van der Waals surface area contributed by atoms with Crippen molar-refractivity contribution in [3.8, 4) is 0 Å². The zero-order chi connectivity index (χ0) is 12.6. The largest absolute Gasteiger partial charge is 0.469 e. The normalized spacial score (nSPS) is 11.9. The van der Waals surface area contributed by atoms with Crippen molar-refractivity contribution in [1.82, 2.24) is 0 Å². The first kappa shape index (κ1) is 14.2. The predicted molar refractivity (Wildman–Crippen MR) is 53.3 cm³/mol. The summed E-state index contributed by atoms with van der Waals surface area (Å²) in [5, 5.41) is 0. The molecule has 1 atom stereocenters. The van der Waals surface area contributed by atoms with Gasteiger partial charge in [-0.2, -0.15) is 0 Å². The quantitative estimate of drug-likeness (QED) is 0.377. The monoisotopic (exact) mass is 230 g/mol. The molecule has 0 aliphatic rings. The van der Waals surface area contributed by atoms with Crippen LogP contribution in [0.3, 0.4) is 0 Å². The van der Waals surface area contributed by atoms with Crippen molar-refractivity contribution in [2.45, 2.75) is 6.42 Å². The van der Waals surface area contributed by atoms with Crippen LogP contribution in [0.15, 0.2) is 12.2 Å². The third-order valence-corrected chi connectivity index (χ3v) is 1.78. The number of carbonyl (C=O) groups is 3. The van der Waals surface area contributed by atoms with Crippen LogP contribution >= 0.6 is 0 Å². The highest BCUT2D eigenvalue weighted by Gasteiger charge is 2.20. The summed E-state index contributed by atoms with van der Waals surface area (Å²) in [6, 6.07) is 0. The lowest BCUT2D eigenvalue weighted by Crippen LogP contribution is -2.19. The van der Waals surface area contributed by atoms with Crippen LogP contribution in [0.25, 0.3) is 0 Å². The maximum absolute atomic E-state index is 11.2. The molecule has 0 bridgehead atoms. The molecule has 0 amide bonds. The molecule has 0 saturated carbocycles. The summed E-state index contributed by atoms with van der Waals surface area (Å²) >= 11 is 0. The van der Waals surface area contributed by atoms with Crippen molar-refractivity contribution >= 4 is 17.9 Å². The van der Waals surface area contributed by atoms with Gasteiger partial charge in [0, 0.05) is 6.08 Å². The van der Waals surface area contributed by atoms with Crippen LogP contribution in [0.5, 0.6) is 0 Å². The van der Waals surface area contributed by atoms with Crippen LogP contribution in [-0.2, 0) is 28.6 Å². The fraction of sp³-hybridized carbons (Fsp3) is 0.500. The standard InChI is InChI=1S/C10H14O6/c1-14-8(11)5-4-7(10(13)16-3)6-9(12)15-2/h4-5,7H,6H2,1-3H3. The summed E-state index contributed by atoms with van der Waals surface area (Å²) in [7, 11) is 3.61. The van der Waals surface area contributed by atoms with Crippen molar-refractivity contribution in [1.29, 1.82) is 0 Å². The summed E-state index contributed by atoms with van der Waals surface area (Å²) in [6.45, 7) is 0. The molecule has 0 aromatic rings. The van der Waals surface area contributed by atoms with E-state index in [9.17, 15) is 14.4 Å². The van der Waals surface area contributed by atoms with Crippen molar-refractivity contribution in [3.05, 3.63) is 12.2 Å². The van der Waals surface area contributed by atoms with Gasteiger partial charge in [-0.3, -0.25) is 9.59 Å². The van der Waals surface area contributed by atoms with Crippen LogP contribution in [0.1, 0.15) is 6.42 Å². The molecular formula is C10H14O6. The van der Waals surface area contributed by atoms with E-state index in [0.717, 1.165) is 6.08 Å². The Morgan fingerprint density at radius 3 is 2.12 bits per heavy atom. The van der Waals surface area contributed by atoms with Gasteiger partial charge in [-0.25, -0.2) is 4.79 Å². The van der Waals surface area contributed by atoms with Crippen molar-refractivity contribution in [2.75, 3.05) is 21.3 Å². The van der Waals surface area contributed by atoms with E-state index in [0.29, 0.717) is 0 Å². The zero-order valence-corrected chi connectivity index (χ0v) is 9.39. The van der Waals surface area contributed by atoms with Crippen molar-refractivity contribution in [3.63, 3.8) is 0 Å². The van der Waals surface area contributed by atoms with Gasteiger partial charge in [0.05, 0.1) is 33.7 Å². The lowest BCUT2D eigenvalue weighted by atomic mass is 10.1. The Morgan fingerprint density at radius 2 is 1.69 bits per heavy atom. The molecule has 0 saturated heterocycles. The molecule has 0 N–H and O–H groups in total. The Kier molecular flexibility index (Phi) is 6.58. The minimum Gasteiger partial charge on any atom is -0.469 e. The molecule has 0 aliphatic carbocycles. The highest BCUT2D eigenvalue weighted by atomic mass is 16.5. The molecule has 0 fully saturated rings. The molecular weight excluding hydrogens is 216 g/mol. The molecule has 0 aromatic carbocycles. The van der Waals surface area contributed by atoms with E-state index in [4.69, 9.17) is 0 Å². The first-order valence-electron chi connectivity index (χ1n) is 4.46. The van der Waals surface area contributed by atoms with Gasteiger partial charge in [0.2, 0.25) is 0 Å². The summed E-state index contributed by atoms with van der Waals surface area (Å²) in [4.78, 5) is 33.0. The number of hydrogen-bond donors (Lipinski definition) is 0. The predicted octanol–water partition coefficient (Wildman–Crippen LogP) is 0.0679. The Morgan fingerprint density at radius 1 is 1.06 bits per heavy atom. The zero-order valence-electron chi connectivity index (χ0n) is 9.39. The van der Waals surface area contributed by atoms with E-state index in [1.165, 1.54) is 27.4 Å². The van der Waals surface area contributed by atoms with E-state index < -0.39 is 23.8 Å². The number of hydrogen-bond acceptors (Lipinski definition) is 6. The number of methoxy groups -OCH3 is 3. The number of rotatable bonds is 5. The van der Waals surface area contributed by atoms with Crippen molar-refractivity contribution in [2.24, 2.45) is 5.92 Å². The van der Waals surface area contributed by atoms with Gasteiger partial charge in [0.1, 0.15) is 0 Å². The molecule has 6 nitrogen and oxygen atoms in total. The topological polar surface area (TPSA) is 78.9 Å². The van der Waals surface area contributed by atoms with Gasteiger partial charge in [-0.05, 0) is 0 Å². The number of ether oxygens (including phenoxy) is 3. The van der Waals surface area contributed by atoms with E-state index in [1.54, 1.807) is 0 Å². The third kappa shape index (κ3) is 5.14. The molecule has 0 spiro atoms. The molecule has 0 aromatic heterocycles. The SMILES string of the molecule is COC(=O)C=CC(CC(=O)OC)C(=O)OC. The lowest BCUT2D eigenvalue weighted by Gasteiger charge is -2.08. The van der Waals surface area contributed by atoms with Crippen LogP contribution in [0.2, 0.25) is 0 Å². The second-order valence-corrected chi connectivity index (χ2v) is 2.79.